The van der Waals surface area contributed by atoms with Crippen LogP contribution in [0.5, 0.6) is 0 Å². The van der Waals surface area contributed by atoms with Crippen LogP contribution in [0.1, 0.15) is 24.8 Å². The summed E-state index contributed by atoms with van der Waals surface area (Å²) in [4.78, 5) is 4.00. The van der Waals surface area contributed by atoms with E-state index in [1.165, 1.54) is 0 Å². The molecule has 2 heterocycles. The lowest BCUT2D eigenvalue weighted by atomic mass is 10.0. The van der Waals surface area contributed by atoms with Gasteiger partial charge in [-0.15, -0.1) is 0 Å². The van der Waals surface area contributed by atoms with Crippen LogP contribution in [0.15, 0.2) is 18.3 Å². The van der Waals surface area contributed by atoms with Gasteiger partial charge in [-0.3, -0.25) is 0 Å². The average Bonchev–Trinajstić information content (AvgIpc) is 2.74. The number of aliphatic hydroxyl groups excluding tert-OH is 1. The molecule has 2 rings (SSSR count). The lowest BCUT2D eigenvalue weighted by molar-refractivity contribution is 0.0541. The summed E-state index contributed by atoms with van der Waals surface area (Å²) in [6.45, 7) is 0.826. The molecule has 88 valence electrons. The van der Waals surface area contributed by atoms with Crippen molar-refractivity contribution in [3.63, 3.8) is 0 Å². The molecule has 1 fully saturated rings. The van der Waals surface area contributed by atoms with Crippen molar-refractivity contribution in [1.82, 2.24) is 4.98 Å². The standard InChI is InChI=1S/C12H18N2O2/c13-12-9(3-1-5-14-12)7-10(15)8-11-4-2-6-16-11/h1,3,5,10-11,15H,2,4,6-8H2,(H2,13,14). The number of rotatable bonds is 4. The minimum Gasteiger partial charge on any atom is -0.393 e. The van der Waals surface area contributed by atoms with E-state index >= 15 is 0 Å². The lowest BCUT2D eigenvalue weighted by Crippen LogP contribution is -2.19. The first-order chi connectivity index (χ1) is 7.75. The molecule has 1 saturated heterocycles. The Kier molecular flexibility index (Phi) is 3.74. The minimum absolute atomic E-state index is 0.216. The molecule has 4 nitrogen and oxygen atoms in total. The van der Waals surface area contributed by atoms with Crippen molar-refractivity contribution in [3.05, 3.63) is 23.9 Å². The summed E-state index contributed by atoms with van der Waals surface area (Å²) in [5.74, 6) is 0.508. The monoisotopic (exact) mass is 222 g/mol. The maximum atomic E-state index is 9.92. The molecule has 16 heavy (non-hydrogen) atoms. The summed E-state index contributed by atoms with van der Waals surface area (Å²) in [5.41, 5.74) is 6.63. The van der Waals surface area contributed by atoms with Crippen LogP contribution in [0, 0.1) is 0 Å². The highest BCUT2D eigenvalue weighted by Crippen LogP contribution is 2.19. The number of pyridine rings is 1. The Morgan fingerprint density at radius 2 is 2.50 bits per heavy atom. The molecule has 0 saturated carbocycles. The molecule has 1 aromatic heterocycles. The smallest absolute Gasteiger partial charge is 0.126 e. The molecule has 1 aromatic rings. The van der Waals surface area contributed by atoms with Gasteiger partial charge >= 0.3 is 0 Å². The van der Waals surface area contributed by atoms with E-state index in [2.05, 4.69) is 4.98 Å². The van der Waals surface area contributed by atoms with E-state index in [1.54, 1.807) is 6.20 Å². The second-order valence-corrected chi connectivity index (χ2v) is 4.28. The van der Waals surface area contributed by atoms with Crippen LogP contribution in [-0.2, 0) is 11.2 Å². The van der Waals surface area contributed by atoms with Crippen LogP contribution in [0.4, 0.5) is 5.82 Å². The molecule has 2 atom stereocenters. The Labute approximate surface area is 95.4 Å². The van der Waals surface area contributed by atoms with Crippen LogP contribution in [-0.4, -0.2) is 28.9 Å². The highest BCUT2D eigenvalue weighted by Gasteiger charge is 2.20. The topological polar surface area (TPSA) is 68.4 Å². The fourth-order valence-electron chi connectivity index (χ4n) is 2.09. The molecule has 2 unspecified atom stereocenters. The van der Waals surface area contributed by atoms with Gasteiger partial charge < -0.3 is 15.6 Å². The van der Waals surface area contributed by atoms with E-state index in [4.69, 9.17) is 10.5 Å². The maximum Gasteiger partial charge on any atom is 0.126 e. The third-order valence-corrected chi connectivity index (χ3v) is 2.94. The van der Waals surface area contributed by atoms with Gasteiger partial charge in [-0.2, -0.15) is 0 Å². The molecule has 3 N–H and O–H groups in total. The van der Waals surface area contributed by atoms with Crippen LogP contribution >= 0.6 is 0 Å². The summed E-state index contributed by atoms with van der Waals surface area (Å²) >= 11 is 0. The fraction of sp³-hybridized carbons (Fsp3) is 0.583. The highest BCUT2D eigenvalue weighted by molar-refractivity contribution is 5.38. The molecular weight excluding hydrogens is 204 g/mol. The van der Waals surface area contributed by atoms with Crippen molar-refractivity contribution in [1.29, 1.82) is 0 Å². The number of hydrogen-bond donors (Lipinski definition) is 2. The molecule has 4 heteroatoms. The largest absolute Gasteiger partial charge is 0.393 e. The summed E-state index contributed by atoms with van der Waals surface area (Å²) in [7, 11) is 0. The van der Waals surface area contributed by atoms with Gasteiger partial charge in [0.05, 0.1) is 12.2 Å². The van der Waals surface area contributed by atoms with Crippen LogP contribution in [0.3, 0.4) is 0 Å². The van der Waals surface area contributed by atoms with Crippen LogP contribution in [0.2, 0.25) is 0 Å². The van der Waals surface area contributed by atoms with Crippen molar-refractivity contribution in [3.8, 4) is 0 Å². The lowest BCUT2D eigenvalue weighted by Gasteiger charge is -2.15. The molecule has 0 amide bonds. The first-order valence-corrected chi connectivity index (χ1v) is 5.74. The van der Waals surface area contributed by atoms with E-state index in [-0.39, 0.29) is 6.10 Å². The number of nitrogen functional groups attached to an aromatic ring is 1. The fourth-order valence-corrected chi connectivity index (χ4v) is 2.09. The number of nitrogens with zero attached hydrogens (tertiary/aromatic N) is 1. The zero-order valence-electron chi connectivity index (χ0n) is 9.30. The van der Waals surface area contributed by atoms with Gasteiger partial charge in [0.15, 0.2) is 0 Å². The third-order valence-electron chi connectivity index (χ3n) is 2.94. The Balaban J connectivity index is 1.86. The number of hydrogen-bond acceptors (Lipinski definition) is 4. The number of aliphatic hydroxyl groups is 1. The molecular formula is C12H18N2O2. The average molecular weight is 222 g/mol. The number of aromatic nitrogens is 1. The van der Waals surface area contributed by atoms with E-state index in [0.29, 0.717) is 18.7 Å². The van der Waals surface area contributed by atoms with Crippen LogP contribution < -0.4 is 5.73 Å². The van der Waals surface area contributed by atoms with Gasteiger partial charge in [0, 0.05) is 19.2 Å². The van der Waals surface area contributed by atoms with E-state index in [0.717, 1.165) is 25.0 Å². The second-order valence-electron chi connectivity index (χ2n) is 4.28. The van der Waals surface area contributed by atoms with Crippen molar-refractivity contribution in [2.24, 2.45) is 0 Å². The van der Waals surface area contributed by atoms with Crippen molar-refractivity contribution in [2.45, 2.75) is 37.9 Å². The second kappa shape index (κ2) is 5.27. The Hall–Kier alpha value is -1.13. The van der Waals surface area contributed by atoms with Crippen molar-refractivity contribution >= 4 is 5.82 Å². The SMILES string of the molecule is Nc1ncccc1CC(O)CC1CCCO1. The zero-order chi connectivity index (χ0) is 11.4. The normalized spacial score (nSPS) is 22.2. The minimum atomic E-state index is -0.394. The first kappa shape index (κ1) is 11.4. The van der Waals surface area contributed by atoms with Crippen molar-refractivity contribution in [2.75, 3.05) is 12.3 Å². The van der Waals surface area contributed by atoms with Crippen molar-refractivity contribution < 1.29 is 9.84 Å². The molecule has 1 aliphatic heterocycles. The van der Waals surface area contributed by atoms with Gasteiger partial charge in [-0.05, 0) is 30.9 Å². The van der Waals surface area contributed by atoms with Crippen LogP contribution in [0.25, 0.3) is 0 Å². The summed E-state index contributed by atoms with van der Waals surface area (Å²) in [6, 6.07) is 3.74. The Morgan fingerprint density at radius 1 is 1.62 bits per heavy atom. The third kappa shape index (κ3) is 2.93. The predicted octanol–water partition coefficient (Wildman–Crippen LogP) is 1.14. The van der Waals surface area contributed by atoms with E-state index in [9.17, 15) is 5.11 Å². The summed E-state index contributed by atoms with van der Waals surface area (Å²) in [6.07, 6.45) is 4.88. The Morgan fingerprint density at radius 3 is 3.19 bits per heavy atom. The van der Waals surface area contributed by atoms with Gasteiger partial charge in [0.25, 0.3) is 0 Å². The Bertz CT molecular complexity index is 338. The number of nitrogens with two attached hydrogens (primary N) is 1. The number of anilines is 1. The molecule has 1 aliphatic rings. The summed E-state index contributed by atoms with van der Waals surface area (Å²) in [5, 5.41) is 9.92. The highest BCUT2D eigenvalue weighted by atomic mass is 16.5. The van der Waals surface area contributed by atoms with Gasteiger partial charge in [-0.1, -0.05) is 6.07 Å². The first-order valence-electron chi connectivity index (χ1n) is 5.74. The molecule has 0 radical (unpaired) electrons. The van der Waals surface area contributed by atoms with E-state index in [1.807, 2.05) is 12.1 Å². The van der Waals surface area contributed by atoms with Gasteiger partial charge in [-0.25, -0.2) is 4.98 Å². The summed E-state index contributed by atoms with van der Waals surface area (Å²) < 4.78 is 5.48. The van der Waals surface area contributed by atoms with Gasteiger partial charge in [0.2, 0.25) is 0 Å². The zero-order valence-corrected chi connectivity index (χ0v) is 9.30. The molecule has 0 spiro atoms. The molecule has 0 bridgehead atoms. The number of ether oxygens (including phenoxy) is 1. The predicted molar refractivity (Wildman–Crippen MR) is 62.0 cm³/mol. The molecule has 0 aliphatic carbocycles. The van der Waals surface area contributed by atoms with E-state index < -0.39 is 6.10 Å². The quantitative estimate of drug-likeness (QED) is 0.801. The molecule has 0 aromatic carbocycles. The maximum absolute atomic E-state index is 9.92. The van der Waals surface area contributed by atoms with Gasteiger partial charge in [0.1, 0.15) is 5.82 Å².